The lowest BCUT2D eigenvalue weighted by atomic mass is 10.1. The molecule has 2 aromatic carbocycles. The Morgan fingerprint density at radius 1 is 1.06 bits per heavy atom. The molecule has 0 spiro atoms. The van der Waals surface area contributed by atoms with Crippen LogP contribution in [0.3, 0.4) is 0 Å². The Morgan fingerprint density at radius 2 is 1.74 bits per heavy atom. The second-order valence-corrected chi connectivity index (χ2v) is 9.01. The standard InChI is InChI=1S/C24H27ClN2O3S/c25-21-13-7-4-10-19(21)17-27(20-11-5-6-12-20)24(26-16-23(29)30)31-15-14-22(28)18-8-2-1-3-9-18/h1-4,7-10,13,20H,5-6,11-12,14-17H2,(H,29,30). The Morgan fingerprint density at radius 3 is 2.42 bits per heavy atom. The number of aliphatic imine (C=N–C) groups is 1. The number of carbonyl (C=O) groups excluding carboxylic acids is 1. The summed E-state index contributed by atoms with van der Waals surface area (Å²) < 4.78 is 0. The summed E-state index contributed by atoms with van der Waals surface area (Å²) in [7, 11) is 0. The maximum absolute atomic E-state index is 12.5. The zero-order valence-electron chi connectivity index (χ0n) is 17.4. The molecule has 31 heavy (non-hydrogen) atoms. The summed E-state index contributed by atoms with van der Waals surface area (Å²) in [5.74, 6) is -0.357. The van der Waals surface area contributed by atoms with Crippen LogP contribution in [0.1, 0.15) is 48.0 Å². The van der Waals surface area contributed by atoms with Crippen molar-refractivity contribution in [3.05, 3.63) is 70.7 Å². The molecular formula is C24H27ClN2O3S. The monoisotopic (exact) mass is 458 g/mol. The molecule has 0 bridgehead atoms. The van der Waals surface area contributed by atoms with Crippen LogP contribution in [0, 0.1) is 0 Å². The number of carbonyl (C=O) groups is 2. The highest BCUT2D eigenvalue weighted by molar-refractivity contribution is 8.13. The van der Waals surface area contributed by atoms with Gasteiger partial charge in [-0.25, -0.2) is 0 Å². The van der Waals surface area contributed by atoms with Gasteiger partial charge in [-0.15, -0.1) is 0 Å². The number of benzene rings is 2. The van der Waals surface area contributed by atoms with Crippen molar-refractivity contribution in [1.29, 1.82) is 0 Å². The number of ketones is 1. The lowest BCUT2D eigenvalue weighted by Gasteiger charge is -2.32. The number of carboxylic acids is 1. The van der Waals surface area contributed by atoms with Gasteiger partial charge in [-0.1, -0.05) is 84.7 Å². The largest absolute Gasteiger partial charge is 0.480 e. The average Bonchev–Trinajstić information content (AvgIpc) is 3.31. The van der Waals surface area contributed by atoms with Gasteiger partial charge in [0.2, 0.25) is 0 Å². The van der Waals surface area contributed by atoms with E-state index in [0.717, 1.165) is 31.2 Å². The third kappa shape index (κ3) is 7.11. The highest BCUT2D eigenvalue weighted by Crippen LogP contribution is 2.30. The van der Waals surface area contributed by atoms with Gasteiger partial charge < -0.3 is 10.0 Å². The predicted molar refractivity (Wildman–Crippen MR) is 127 cm³/mol. The minimum atomic E-state index is -0.970. The second kappa shape index (κ2) is 11.9. The summed E-state index contributed by atoms with van der Waals surface area (Å²) in [5.41, 5.74) is 1.68. The number of Topliss-reactive ketones (excluding diaryl/α,β-unsaturated/α-hetero) is 1. The molecule has 0 aliphatic heterocycles. The van der Waals surface area contributed by atoms with Crippen LogP contribution in [-0.4, -0.2) is 45.3 Å². The van der Waals surface area contributed by atoms with E-state index in [9.17, 15) is 14.7 Å². The number of aliphatic carboxylic acids is 1. The van der Waals surface area contributed by atoms with Crippen molar-refractivity contribution < 1.29 is 14.7 Å². The summed E-state index contributed by atoms with van der Waals surface area (Å²) in [6, 6.07) is 17.2. The Kier molecular flexibility index (Phi) is 8.98. The van der Waals surface area contributed by atoms with Crippen molar-refractivity contribution in [1.82, 2.24) is 4.90 Å². The van der Waals surface area contributed by atoms with Crippen LogP contribution < -0.4 is 0 Å². The van der Waals surface area contributed by atoms with E-state index in [0.29, 0.717) is 40.5 Å². The molecule has 0 unspecified atom stereocenters. The lowest BCUT2D eigenvalue weighted by molar-refractivity contribution is -0.135. The summed E-state index contributed by atoms with van der Waals surface area (Å²) >= 11 is 7.86. The van der Waals surface area contributed by atoms with Crippen LogP contribution in [0.5, 0.6) is 0 Å². The van der Waals surface area contributed by atoms with E-state index in [1.54, 1.807) is 0 Å². The maximum Gasteiger partial charge on any atom is 0.325 e. The zero-order valence-corrected chi connectivity index (χ0v) is 18.9. The van der Waals surface area contributed by atoms with Gasteiger partial charge in [0.1, 0.15) is 6.54 Å². The van der Waals surface area contributed by atoms with E-state index >= 15 is 0 Å². The SMILES string of the molecule is O=C(O)CN=C(SCCC(=O)c1ccccc1)N(Cc1ccccc1Cl)C1CCCC1. The van der Waals surface area contributed by atoms with Crippen LogP contribution in [0.25, 0.3) is 0 Å². The number of thioether (sulfide) groups is 1. The number of nitrogens with zero attached hydrogens (tertiary/aromatic N) is 2. The van der Waals surface area contributed by atoms with E-state index < -0.39 is 5.97 Å². The Balaban J connectivity index is 1.75. The van der Waals surface area contributed by atoms with Crippen molar-refractivity contribution in [2.45, 2.75) is 44.7 Å². The molecule has 2 aromatic rings. The highest BCUT2D eigenvalue weighted by Gasteiger charge is 2.26. The molecule has 1 aliphatic rings. The Hall–Kier alpha value is -2.31. The number of rotatable bonds is 9. The van der Waals surface area contributed by atoms with Crippen LogP contribution in [0.15, 0.2) is 59.6 Å². The number of carboxylic acid groups (broad SMARTS) is 1. The molecule has 1 saturated carbocycles. The number of hydrogen-bond donors (Lipinski definition) is 1. The fourth-order valence-corrected chi connectivity index (χ4v) is 4.94. The maximum atomic E-state index is 12.5. The molecule has 0 atom stereocenters. The zero-order chi connectivity index (χ0) is 22.1. The van der Waals surface area contributed by atoms with Gasteiger partial charge in [0.05, 0.1) is 0 Å². The molecule has 0 heterocycles. The van der Waals surface area contributed by atoms with Gasteiger partial charge in [0.15, 0.2) is 11.0 Å². The van der Waals surface area contributed by atoms with Crippen molar-refractivity contribution in [2.75, 3.05) is 12.3 Å². The molecule has 1 fully saturated rings. The molecule has 5 nitrogen and oxygen atoms in total. The molecule has 7 heteroatoms. The first kappa shape index (κ1) is 23.4. The van der Waals surface area contributed by atoms with Crippen molar-refractivity contribution >= 4 is 40.3 Å². The second-order valence-electron chi connectivity index (χ2n) is 7.54. The molecule has 0 aromatic heterocycles. The third-order valence-corrected chi connectivity index (χ3v) is 6.71. The van der Waals surface area contributed by atoms with Gasteiger partial charge in [0, 0.05) is 35.3 Å². The molecule has 0 radical (unpaired) electrons. The minimum Gasteiger partial charge on any atom is -0.480 e. The molecule has 0 saturated heterocycles. The quantitative estimate of drug-likeness (QED) is 0.304. The van der Waals surface area contributed by atoms with Crippen LogP contribution in [-0.2, 0) is 11.3 Å². The van der Waals surface area contributed by atoms with E-state index in [1.807, 2.05) is 54.6 Å². The highest BCUT2D eigenvalue weighted by atomic mass is 35.5. The van der Waals surface area contributed by atoms with Gasteiger partial charge in [-0.3, -0.25) is 14.6 Å². The Labute approximate surface area is 192 Å². The first-order valence-corrected chi connectivity index (χ1v) is 11.9. The number of amidine groups is 1. The smallest absolute Gasteiger partial charge is 0.325 e. The van der Waals surface area contributed by atoms with E-state index in [-0.39, 0.29) is 12.3 Å². The lowest BCUT2D eigenvalue weighted by Crippen LogP contribution is -2.37. The fourth-order valence-electron chi connectivity index (χ4n) is 3.74. The Bertz CT molecular complexity index is 914. The van der Waals surface area contributed by atoms with Gasteiger partial charge in [-0.2, -0.15) is 0 Å². The van der Waals surface area contributed by atoms with Gasteiger partial charge in [0.25, 0.3) is 0 Å². The summed E-state index contributed by atoms with van der Waals surface area (Å²) in [6.45, 7) is 0.281. The van der Waals surface area contributed by atoms with Crippen molar-refractivity contribution in [2.24, 2.45) is 4.99 Å². The summed E-state index contributed by atoms with van der Waals surface area (Å²) in [5, 5.41) is 10.6. The normalized spacial score (nSPS) is 14.5. The van der Waals surface area contributed by atoms with Crippen LogP contribution in [0.4, 0.5) is 0 Å². The predicted octanol–water partition coefficient (Wildman–Crippen LogP) is 5.53. The van der Waals surface area contributed by atoms with Crippen molar-refractivity contribution in [3.63, 3.8) is 0 Å². The molecule has 164 valence electrons. The van der Waals surface area contributed by atoms with Crippen LogP contribution >= 0.6 is 23.4 Å². The first-order valence-electron chi connectivity index (χ1n) is 10.5. The van der Waals surface area contributed by atoms with E-state index in [4.69, 9.17) is 11.6 Å². The van der Waals surface area contributed by atoms with E-state index in [1.165, 1.54) is 11.8 Å². The molecule has 1 aliphatic carbocycles. The third-order valence-electron chi connectivity index (χ3n) is 5.32. The number of hydrogen-bond acceptors (Lipinski definition) is 4. The van der Waals surface area contributed by atoms with Crippen LogP contribution in [0.2, 0.25) is 5.02 Å². The van der Waals surface area contributed by atoms with E-state index in [2.05, 4.69) is 9.89 Å². The fraction of sp³-hybridized carbons (Fsp3) is 0.375. The molecule has 1 N–H and O–H groups in total. The molecule has 3 rings (SSSR count). The first-order chi connectivity index (χ1) is 15.0. The summed E-state index contributed by atoms with van der Waals surface area (Å²) in [6.07, 6.45) is 4.74. The van der Waals surface area contributed by atoms with Gasteiger partial charge >= 0.3 is 5.97 Å². The molecule has 0 amide bonds. The number of halogens is 1. The van der Waals surface area contributed by atoms with Gasteiger partial charge in [-0.05, 0) is 24.5 Å². The minimum absolute atomic E-state index is 0.0733. The molecular weight excluding hydrogens is 432 g/mol. The average molecular weight is 459 g/mol. The topological polar surface area (TPSA) is 70.0 Å². The van der Waals surface area contributed by atoms with Crippen molar-refractivity contribution in [3.8, 4) is 0 Å². The summed E-state index contributed by atoms with van der Waals surface area (Å²) in [4.78, 5) is 30.3.